The second kappa shape index (κ2) is 4.27. The number of nitrogens with two attached hydrogens (primary N) is 1. The van der Waals surface area contributed by atoms with Crippen molar-refractivity contribution in [3.8, 4) is 0 Å². The van der Waals surface area contributed by atoms with Gasteiger partial charge in [0.2, 0.25) is 0 Å². The molecule has 16 heavy (non-hydrogen) atoms. The molecule has 1 aliphatic rings. The zero-order valence-electron chi connectivity index (χ0n) is 8.62. The molecule has 0 bridgehead atoms. The summed E-state index contributed by atoms with van der Waals surface area (Å²) < 4.78 is 25.9. The van der Waals surface area contributed by atoms with Gasteiger partial charge >= 0.3 is 0 Å². The molecule has 0 atom stereocenters. The van der Waals surface area contributed by atoms with Crippen LogP contribution >= 0.6 is 0 Å². The normalized spacial score (nSPS) is 17.2. The van der Waals surface area contributed by atoms with Crippen LogP contribution in [-0.2, 0) is 0 Å². The number of nitrogens with zero attached hydrogens (tertiary/aromatic N) is 1. The lowest BCUT2D eigenvalue weighted by molar-refractivity contribution is 0.0839. The van der Waals surface area contributed by atoms with Crippen LogP contribution in [-0.4, -0.2) is 36.4 Å². The molecule has 0 radical (unpaired) electrons. The fourth-order valence-electron chi connectivity index (χ4n) is 1.74. The Morgan fingerprint density at radius 3 is 2.69 bits per heavy atom. The number of carbonyl (C=O) groups excluding carboxylic acids is 1. The van der Waals surface area contributed by atoms with Gasteiger partial charge in [-0.05, 0) is 12.1 Å². The van der Waals surface area contributed by atoms with Crippen LogP contribution in [0, 0.1) is 11.6 Å². The van der Waals surface area contributed by atoms with Gasteiger partial charge in [0, 0.05) is 25.2 Å². The average molecular weight is 226 g/mol. The molecule has 1 aliphatic heterocycles. The van der Waals surface area contributed by atoms with E-state index in [9.17, 15) is 13.6 Å². The number of rotatable bonds is 3. The van der Waals surface area contributed by atoms with Crippen molar-refractivity contribution in [2.24, 2.45) is 5.73 Å². The Kier molecular flexibility index (Phi) is 2.98. The van der Waals surface area contributed by atoms with Gasteiger partial charge in [0.1, 0.15) is 11.6 Å². The SMILES string of the molecule is NC1CN(CC(=O)c2ccc(F)cc2F)C1. The van der Waals surface area contributed by atoms with Crippen molar-refractivity contribution in [1.29, 1.82) is 0 Å². The summed E-state index contributed by atoms with van der Waals surface area (Å²) in [6.07, 6.45) is 0. The molecule has 2 rings (SSSR count). The van der Waals surface area contributed by atoms with Crippen molar-refractivity contribution < 1.29 is 13.6 Å². The standard InChI is InChI=1S/C11H12F2N2O/c12-7-1-2-9(10(13)3-7)11(16)6-15-4-8(14)5-15/h1-3,8H,4-6,14H2. The van der Waals surface area contributed by atoms with Crippen molar-refractivity contribution in [3.05, 3.63) is 35.4 Å². The van der Waals surface area contributed by atoms with E-state index in [1.165, 1.54) is 6.07 Å². The van der Waals surface area contributed by atoms with Gasteiger partial charge in [-0.15, -0.1) is 0 Å². The van der Waals surface area contributed by atoms with Crippen LogP contribution in [0.3, 0.4) is 0 Å². The fraction of sp³-hybridized carbons (Fsp3) is 0.364. The summed E-state index contributed by atoms with van der Waals surface area (Å²) in [4.78, 5) is 13.5. The highest BCUT2D eigenvalue weighted by molar-refractivity contribution is 5.97. The number of likely N-dealkylation sites (tertiary alicyclic amines) is 1. The maximum Gasteiger partial charge on any atom is 0.179 e. The van der Waals surface area contributed by atoms with Gasteiger partial charge in [-0.25, -0.2) is 8.78 Å². The molecule has 1 heterocycles. The molecule has 86 valence electrons. The summed E-state index contributed by atoms with van der Waals surface area (Å²) >= 11 is 0. The minimum Gasteiger partial charge on any atom is -0.325 e. The number of hydrogen-bond donors (Lipinski definition) is 1. The van der Waals surface area contributed by atoms with E-state index in [1.807, 2.05) is 4.90 Å². The maximum atomic E-state index is 13.2. The van der Waals surface area contributed by atoms with E-state index in [2.05, 4.69) is 0 Å². The Bertz CT molecular complexity index is 416. The molecule has 5 heteroatoms. The number of benzene rings is 1. The van der Waals surface area contributed by atoms with E-state index < -0.39 is 11.6 Å². The number of ketones is 1. The number of carbonyl (C=O) groups is 1. The Hall–Kier alpha value is -1.33. The number of hydrogen-bond acceptors (Lipinski definition) is 3. The van der Waals surface area contributed by atoms with Crippen LogP contribution in [0.1, 0.15) is 10.4 Å². The van der Waals surface area contributed by atoms with Crippen molar-refractivity contribution in [2.45, 2.75) is 6.04 Å². The van der Waals surface area contributed by atoms with Crippen LogP contribution in [0.4, 0.5) is 8.78 Å². The summed E-state index contributed by atoms with van der Waals surface area (Å²) in [6.45, 7) is 1.43. The van der Waals surface area contributed by atoms with Crippen LogP contribution in [0.5, 0.6) is 0 Å². The third-order valence-corrected chi connectivity index (χ3v) is 2.58. The molecule has 0 unspecified atom stereocenters. The second-order valence-corrected chi connectivity index (χ2v) is 4.00. The molecule has 1 saturated heterocycles. The lowest BCUT2D eigenvalue weighted by Crippen LogP contribution is -2.56. The molecule has 0 amide bonds. The zero-order chi connectivity index (χ0) is 11.7. The molecule has 1 aromatic rings. The van der Waals surface area contributed by atoms with Gasteiger partial charge in [-0.3, -0.25) is 9.69 Å². The monoisotopic (exact) mass is 226 g/mol. The van der Waals surface area contributed by atoms with Crippen LogP contribution < -0.4 is 5.73 Å². The molecular formula is C11H12F2N2O. The number of Topliss-reactive ketones (excluding diaryl/α,β-unsaturated/α-hetero) is 1. The van der Waals surface area contributed by atoms with Gasteiger partial charge in [0.05, 0.1) is 12.1 Å². The number of halogens is 2. The molecular weight excluding hydrogens is 214 g/mol. The quantitative estimate of drug-likeness (QED) is 0.775. The van der Waals surface area contributed by atoms with Crippen LogP contribution in [0.15, 0.2) is 18.2 Å². The first-order chi connectivity index (χ1) is 7.56. The van der Waals surface area contributed by atoms with E-state index in [1.54, 1.807) is 0 Å². The highest BCUT2D eigenvalue weighted by Crippen LogP contribution is 2.12. The summed E-state index contributed by atoms with van der Waals surface area (Å²) in [7, 11) is 0. The first-order valence-electron chi connectivity index (χ1n) is 5.02. The Morgan fingerprint density at radius 2 is 2.12 bits per heavy atom. The third-order valence-electron chi connectivity index (χ3n) is 2.58. The van der Waals surface area contributed by atoms with Crippen LogP contribution in [0.25, 0.3) is 0 Å². The predicted octanol–water partition coefficient (Wildman–Crippen LogP) is 0.790. The summed E-state index contributed by atoms with van der Waals surface area (Å²) in [5.41, 5.74) is 5.49. The Labute approximate surface area is 91.8 Å². The van der Waals surface area contributed by atoms with Crippen molar-refractivity contribution in [3.63, 3.8) is 0 Å². The molecule has 1 aromatic carbocycles. The summed E-state index contributed by atoms with van der Waals surface area (Å²) in [5, 5.41) is 0. The second-order valence-electron chi connectivity index (χ2n) is 4.00. The molecule has 2 N–H and O–H groups in total. The van der Waals surface area contributed by atoms with Gasteiger partial charge in [-0.1, -0.05) is 0 Å². The Morgan fingerprint density at radius 1 is 1.44 bits per heavy atom. The minimum absolute atomic E-state index is 0.0677. The predicted molar refractivity (Wildman–Crippen MR) is 55.1 cm³/mol. The zero-order valence-corrected chi connectivity index (χ0v) is 8.62. The highest BCUT2D eigenvalue weighted by atomic mass is 19.1. The molecule has 0 spiro atoms. The van der Waals surface area contributed by atoms with Crippen molar-refractivity contribution in [2.75, 3.05) is 19.6 Å². The van der Waals surface area contributed by atoms with Gasteiger partial charge in [0.15, 0.2) is 5.78 Å². The lowest BCUT2D eigenvalue weighted by Gasteiger charge is -2.36. The molecule has 0 aromatic heterocycles. The maximum absolute atomic E-state index is 13.2. The molecule has 0 aliphatic carbocycles. The van der Waals surface area contributed by atoms with E-state index in [-0.39, 0.29) is 23.9 Å². The average Bonchev–Trinajstić information content (AvgIpc) is 2.15. The first kappa shape index (κ1) is 11.2. The van der Waals surface area contributed by atoms with E-state index in [0.717, 1.165) is 12.1 Å². The fourth-order valence-corrected chi connectivity index (χ4v) is 1.74. The summed E-state index contributed by atoms with van der Waals surface area (Å²) in [5.74, 6) is -1.83. The smallest absolute Gasteiger partial charge is 0.179 e. The van der Waals surface area contributed by atoms with E-state index >= 15 is 0 Å². The van der Waals surface area contributed by atoms with Crippen molar-refractivity contribution in [1.82, 2.24) is 4.90 Å². The minimum atomic E-state index is -0.810. The highest BCUT2D eigenvalue weighted by Gasteiger charge is 2.25. The van der Waals surface area contributed by atoms with Gasteiger partial charge in [-0.2, -0.15) is 0 Å². The van der Waals surface area contributed by atoms with E-state index in [4.69, 9.17) is 5.73 Å². The molecule has 3 nitrogen and oxygen atoms in total. The van der Waals surface area contributed by atoms with Gasteiger partial charge in [0.25, 0.3) is 0 Å². The largest absolute Gasteiger partial charge is 0.325 e. The third kappa shape index (κ3) is 2.25. The van der Waals surface area contributed by atoms with Crippen molar-refractivity contribution >= 4 is 5.78 Å². The van der Waals surface area contributed by atoms with E-state index in [0.29, 0.717) is 13.1 Å². The first-order valence-corrected chi connectivity index (χ1v) is 5.02. The summed E-state index contributed by atoms with van der Waals surface area (Å²) in [6, 6.07) is 3.07. The lowest BCUT2D eigenvalue weighted by atomic mass is 10.1. The van der Waals surface area contributed by atoms with Gasteiger partial charge < -0.3 is 5.73 Å². The van der Waals surface area contributed by atoms with Crippen LogP contribution in [0.2, 0.25) is 0 Å². The molecule has 0 saturated carbocycles. The molecule has 1 fully saturated rings. The topological polar surface area (TPSA) is 46.3 Å². The Balaban J connectivity index is 2.03.